The second-order valence-electron chi connectivity index (χ2n) is 3.27. The topological polar surface area (TPSA) is 20.2 Å². The number of rotatable bonds is 2. The summed E-state index contributed by atoms with van der Waals surface area (Å²) in [6.45, 7) is 3.89. The molecule has 1 N–H and O–H groups in total. The van der Waals surface area contributed by atoms with Gasteiger partial charge in [-0.3, -0.25) is 0 Å². The number of aryl methyl sites for hydroxylation is 1. The molecule has 0 radical (unpaired) electrons. The Labute approximate surface area is 85.1 Å². The van der Waals surface area contributed by atoms with E-state index in [0.29, 0.717) is 5.57 Å². The van der Waals surface area contributed by atoms with E-state index in [-0.39, 0.29) is 6.61 Å². The minimum atomic E-state index is -0.0732. The lowest BCUT2D eigenvalue weighted by Crippen LogP contribution is -1.92. The molecule has 0 amide bonds. The number of terminal acetylenes is 1. The summed E-state index contributed by atoms with van der Waals surface area (Å²) in [4.78, 5) is 0. The first-order chi connectivity index (χ1) is 6.69. The fourth-order valence-corrected chi connectivity index (χ4v) is 1.25. The van der Waals surface area contributed by atoms with Crippen LogP contribution in [-0.2, 0) is 0 Å². The maximum absolute atomic E-state index is 9.01. The van der Waals surface area contributed by atoms with Gasteiger partial charge in [0.2, 0.25) is 0 Å². The first-order valence-corrected chi connectivity index (χ1v) is 4.53. The zero-order valence-corrected chi connectivity index (χ0v) is 8.54. The van der Waals surface area contributed by atoms with E-state index in [2.05, 4.69) is 5.92 Å². The minimum Gasteiger partial charge on any atom is -0.391 e. The van der Waals surface area contributed by atoms with E-state index in [9.17, 15) is 0 Å². The van der Waals surface area contributed by atoms with E-state index >= 15 is 0 Å². The van der Waals surface area contributed by atoms with Crippen molar-refractivity contribution in [1.29, 1.82) is 0 Å². The van der Waals surface area contributed by atoms with E-state index in [1.807, 2.05) is 38.1 Å². The molecular weight excluding hydrogens is 172 g/mol. The van der Waals surface area contributed by atoms with Gasteiger partial charge in [-0.05, 0) is 25.0 Å². The molecule has 0 aromatic heterocycles. The quantitative estimate of drug-likeness (QED) is 0.703. The van der Waals surface area contributed by atoms with Crippen molar-refractivity contribution >= 4 is 5.57 Å². The molecule has 0 spiro atoms. The van der Waals surface area contributed by atoms with Gasteiger partial charge in [-0.1, -0.05) is 35.7 Å². The number of allylic oxidation sites excluding steroid dienone is 1. The van der Waals surface area contributed by atoms with Crippen LogP contribution in [0.2, 0.25) is 0 Å². The third kappa shape index (κ3) is 2.25. The van der Waals surface area contributed by atoms with Gasteiger partial charge in [0.1, 0.15) is 0 Å². The highest BCUT2D eigenvalue weighted by molar-refractivity contribution is 5.70. The van der Waals surface area contributed by atoms with Crippen LogP contribution >= 0.6 is 0 Å². The molecule has 0 unspecified atom stereocenters. The predicted octanol–water partition coefficient (Wildman–Crippen LogP) is 2.39. The van der Waals surface area contributed by atoms with Crippen LogP contribution in [0, 0.1) is 19.3 Å². The molecular formula is C13H14O. The van der Waals surface area contributed by atoms with Crippen molar-refractivity contribution < 1.29 is 5.11 Å². The summed E-state index contributed by atoms with van der Waals surface area (Å²) in [5.74, 6) is 2.49. The highest BCUT2D eigenvalue weighted by Gasteiger charge is 2.00. The van der Waals surface area contributed by atoms with Crippen LogP contribution in [0.1, 0.15) is 18.1 Å². The van der Waals surface area contributed by atoms with E-state index in [1.165, 1.54) is 5.56 Å². The van der Waals surface area contributed by atoms with Crippen molar-refractivity contribution in [2.24, 2.45) is 0 Å². The summed E-state index contributed by atoms with van der Waals surface area (Å²) < 4.78 is 0. The molecule has 0 atom stereocenters. The fraction of sp³-hybridized carbons (Fsp3) is 0.231. The van der Waals surface area contributed by atoms with Crippen LogP contribution in [-0.4, -0.2) is 11.7 Å². The molecule has 1 aromatic carbocycles. The summed E-state index contributed by atoms with van der Waals surface area (Å²) in [5.41, 5.74) is 3.90. The summed E-state index contributed by atoms with van der Waals surface area (Å²) >= 11 is 0. The monoisotopic (exact) mass is 186 g/mol. The zero-order valence-electron chi connectivity index (χ0n) is 8.54. The van der Waals surface area contributed by atoms with Crippen molar-refractivity contribution in [2.45, 2.75) is 13.8 Å². The first kappa shape index (κ1) is 10.6. The summed E-state index contributed by atoms with van der Waals surface area (Å²) in [5, 5.41) is 9.01. The van der Waals surface area contributed by atoms with E-state index in [1.54, 1.807) is 0 Å². The molecule has 0 saturated heterocycles. The van der Waals surface area contributed by atoms with Crippen molar-refractivity contribution in [2.75, 3.05) is 6.61 Å². The molecule has 0 bridgehead atoms. The van der Waals surface area contributed by atoms with Crippen molar-refractivity contribution in [3.05, 3.63) is 41.0 Å². The summed E-state index contributed by atoms with van der Waals surface area (Å²) in [7, 11) is 0. The minimum absolute atomic E-state index is 0.0732. The Kier molecular flexibility index (Phi) is 3.50. The summed E-state index contributed by atoms with van der Waals surface area (Å²) in [6, 6.07) is 8.09. The average Bonchev–Trinajstić information content (AvgIpc) is 2.20. The molecule has 14 heavy (non-hydrogen) atoms. The molecule has 1 heteroatoms. The average molecular weight is 186 g/mol. The third-order valence-corrected chi connectivity index (χ3v) is 2.27. The predicted molar refractivity (Wildman–Crippen MR) is 59.7 cm³/mol. The zero-order chi connectivity index (χ0) is 10.6. The van der Waals surface area contributed by atoms with Crippen molar-refractivity contribution in [3.8, 4) is 12.3 Å². The van der Waals surface area contributed by atoms with Gasteiger partial charge >= 0.3 is 0 Å². The van der Waals surface area contributed by atoms with Gasteiger partial charge in [-0.15, -0.1) is 6.42 Å². The maximum Gasteiger partial charge on any atom is 0.0763 e. The van der Waals surface area contributed by atoms with Gasteiger partial charge < -0.3 is 5.11 Å². The van der Waals surface area contributed by atoms with Gasteiger partial charge in [-0.2, -0.15) is 0 Å². The highest BCUT2D eigenvalue weighted by Crippen LogP contribution is 2.17. The molecule has 1 nitrogen and oxygen atoms in total. The Morgan fingerprint density at radius 1 is 1.36 bits per heavy atom. The Balaban J connectivity index is 3.12. The number of hydrogen-bond donors (Lipinski definition) is 1. The van der Waals surface area contributed by atoms with E-state index < -0.39 is 0 Å². The Hall–Kier alpha value is -1.52. The first-order valence-electron chi connectivity index (χ1n) is 4.53. The Morgan fingerprint density at radius 3 is 2.36 bits per heavy atom. The van der Waals surface area contributed by atoms with E-state index in [0.717, 1.165) is 11.1 Å². The number of benzene rings is 1. The van der Waals surface area contributed by atoms with Crippen LogP contribution in [0.4, 0.5) is 0 Å². The Morgan fingerprint density at radius 2 is 1.93 bits per heavy atom. The maximum atomic E-state index is 9.01. The number of aliphatic hydroxyl groups excluding tert-OH is 1. The van der Waals surface area contributed by atoms with Crippen molar-refractivity contribution in [1.82, 2.24) is 0 Å². The summed E-state index contributed by atoms with van der Waals surface area (Å²) in [6.07, 6.45) is 5.28. The standard InChI is InChI=1S/C13H14O/c1-4-12(9-14)11(3)13-7-5-10(2)6-8-13/h1,5-8,14H,9H2,2-3H3. The lowest BCUT2D eigenvalue weighted by molar-refractivity contribution is 0.336. The van der Waals surface area contributed by atoms with Crippen LogP contribution < -0.4 is 0 Å². The molecule has 1 aromatic rings. The lowest BCUT2D eigenvalue weighted by atomic mass is 10.0. The van der Waals surface area contributed by atoms with Gasteiger partial charge in [-0.25, -0.2) is 0 Å². The number of hydrogen-bond acceptors (Lipinski definition) is 1. The molecule has 0 aliphatic carbocycles. The van der Waals surface area contributed by atoms with Gasteiger partial charge in [0.05, 0.1) is 6.61 Å². The largest absolute Gasteiger partial charge is 0.391 e. The van der Waals surface area contributed by atoms with Crippen LogP contribution in [0.5, 0.6) is 0 Å². The van der Waals surface area contributed by atoms with Crippen LogP contribution in [0.25, 0.3) is 5.57 Å². The normalized spacial score (nSPS) is 11.9. The number of aliphatic hydroxyl groups is 1. The molecule has 72 valence electrons. The van der Waals surface area contributed by atoms with Crippen LogP contribution in [0.15, 0.2) is 29.8 Å². The van der Waals surface area contributed by atoms with Crippen LogP contribution in [0.3, 0.4) is 0 Å². The van der Waals surface area contributed by atoms with Gasteiger partial charge in [0, 0.05) is 5.57 Å². The second kappa shape index (κ2) is 4.64. The van der Waals surface area contributed by atoms with Crippen molar-refractivity contribution in [3.63, 3.8) is 0 Å². The lowest BCUT2D eigenvalue weighted by Gasteiger charge is -2.05. The Bertz CT molecular complexity index is 377. The molecule has 0 aliphatic heterocycles. The molecule has 0 aliphatic rings. The second-order valence-corrected chi connectivity index (χ2v) is 3.27. The molecule has 1 rings (SSSR count). The SMILES string of the molecule is C#CC(CO)=C(C)c1ccc(C)cc1. The smallest absolute Gasteiger partial charge is 0.0763 e. The van der Waals surface area contributed by atoms with Gasteiger partial charge in [0.15, 0.2) is 0 Å². The van der Waals surface area contributed by atoms with E-state index in [4.69, 9.17) is 11.5 Å². The third-order valence-electron chi connectivity index (χ3n) is 2.27. The fourth-order valence-electron chi connectivity index (χ4n) is 1.25. The molecule has 0 fully saturated rings. The highest BCUT2D eigenvalue weighted by atomic mass is 16.3. The molecule has 0 saturated carbocycles. The van der Waals surface area contributed by atoms with Gasteiger partial charge in [0.25, 0.3) is 0 Å². The molecule has 0 heterocycles.